The molecule has 16 heavy (non-hydrogen) atoms. The minimum Gasteiger partial charge on any atom is -0.465 e. The summed E-state index contributed by atoms with van der Waals surface area (Å²) in [5.41, 5.74) is 0. The molecule has 3 atom stereocenters. The van der Waals surface area contributed by atoms with E-state index in [2.05, 4.69) is 0 Å². The lowest BCUT2D eigenvalue weighted by molar-refractivity contribution is -0.184. The molecule has 1 aliphatic heterocycles. The van der Waals surface area contributed by atoms with Gasteiger partial charge in [0.2, 0.25) is 6.29 Å². The van der Waals surface area contributed by atoms with E-state index in [0.29, 0.717) is 18.6 Å². The van der Waals surface area contributed by atoms with Crippen LogP contribution in [0, 0.1) is 0 Å². The molecule has 2 rings (SSSR count). The number of benzene rings is 1. The monoisotopic (exact) mass is 224 g/mol. The van der Waals surface area contributed by atoms with E-state index < -0.39 is 12.4 Å². The Bertz CT molecular complexity index is 314. The number of ether oxygens (including phenoxy) is 2. The number of aliphatic hydroxyl groups excluding tert-OH is 2. The van der Waals surface area contributed by atoms with E-state index in [4.69, 9.17) is 14.6 Å². The number of para-hydroxylation sites is 1. The highest BCUT2D eigenvalue weighted by atomic mass is 16.7. The van der Waals surface area contributed by atoms with Gasteiger partial charge in [-0.2, -0.15) is 0 Å². The second-order valence-corrected chi connectivity index (χ2v) is 3.93. The van der Waals surface area contributed by atoms with Crippen LogP contribution in [0.3, 0.4) is 0 Å². The Morgan fingerprint density at radius 2 is 2.00 bits per heavy atom. The minimum atomic E-state index is -0.483. The molecule has 1 saturated heterocycles. The van der Waals surface area contributed by atoms with Gasteiger partial charge in [0.05, 0.1) is 18.8 Å². The van der Waals surface area contributed by atoms with Crippen molar-refractivity contribution in [1.29, 1.82) is 0 Å². The Labute approximate surface area is 94.4 Å². The van der Waals surface area contributed by atoms with Gasteiger partial charge in [0, 0.05) is 12.8 Å². The van der Waals surface area contributed by atoms with Gasteiger partial charge in [-0.1, -0.05) is 18.2 Å². The molecule has 1 aromatic carbocycles. The lowest BCUT2D eigenvalue weighted by atomic mass is 10.1. The van der Waals surface area contributed by atoms with Crippen LogP contribution in [-0.4, -0.2) is 35.3 Å². The molecule has 0 radical (unpaired) electrons. The number of hydrogen-bond acceptors (Lipinski definition) is 4. The van der Waals surface area contributed by atoms with Crippen molar-refractivity contribution in [3.05, 3.63) is 30.3 Å². The zero-order valence-electron chi connectivity index (χ0n) is 8.95. The fraction of sp³-hybridized carbons (Fsp3) is 0.500. The molecule has 3 unspecified atom stereocenters. The smallest absolute Gasteiger partial charge is 0.202 e. The predicted molar refractivity (Wildman–Crippen MR) is 58.1 cm³/mol. The van der Waals surface area contributed by atoms with E-state index in [1.165, 1.54) is 0 Å². The Morgan fingerprint density at radius 3 is 2.69 bits per heavy atom. The van der Waals surface area contributed by atoms with E-state index >= 15 is 0 Å². The van der Waals surface area contributed by atoms with Crippen LogP contribution in [-0.2, 0) is 4.74 Å². The van der Waals surface area contributed by atoms with Crippen LogP contribution in [0.25, 0.3) is 0 Å². The summed E-state index contributed by atoms with van der Waals surface area (Å²) in [5, 5.41) is 18.6. The summed E-state index contributed by atoms with van der Waals surface area (Å²) in [6, 6.07) is 9.31. The maximum absolute atomic E-state index is 9.59. The van der Waals surface area contributed by atoms with Crippen LogP contribution in [0.4, 0.5) is 0 Å². The van der Waals surface area contributed by atoms with Gasteiger partial charge in [-0.3, -0.25) is 0 Å². The van der Waals surface area contributed by atoms with Crippen molar-refractivity contribution in [2.75, 3.05) is 6.61 Å². The molecule has 0 bridgehead atoms. The molecule has 2 N–H and O–H groups in total. The predicted octanol–water partition coefficient (Wildman–Crippen LogP) is 0.924. The molecule has 0 aliphatic carbocycles. The van der Waals surface area contributed by atoms with Gasteiger partial charge >= 0.3 is 0 Å². The first-order valence-electron chi connectivity index (χ1n) is 5.44. The van der Waals surface area contributed by atoms with E-state index in [9.17, 15) is 5.11 Å². The minimum absolute atomic E-state index is 0.0916. The fourth-order valence-corrected chi connectivity index (χ4v) is 1.79. The van der Waals surface area contributed by atoms with Crippen LogP contribution in [0.2, 0.25) is 0 Å². The highest BCUT2D eigenvalue weighted by Crippen LogP contribution is 2.22. The zero-order chi connectivity index (χ0) is 11.4. The van der Waals surface area contributed by atoms with Crippen molar-refractivity contribution in [1.82, 2.24) is 0 Å². The van der Waals surface area contributed by atoms with E-state index in [1.54, 1.807) is 0 Å². The summed E-state index contributed by atoms with van der Waals surface area (Å²) in [6.07, 6.45) is -0.392. The molecule has 0 aromatic heterocycles. The molecule has 1 aliphatic rings. The normalized spacial score (nSPS) is 30.0. The summed E-state index contributed by atoms with van der Waals surface area (Å²) in [4.78, 5) is 0. The summed E-state index contributed by atoms with van der Waals surface area (Å²) in [6.45, 7) is -0.0916. The zero-order valence-corrected chi connectivity index (χ0v) is 8.95. The van der Waals surface area contributed by atoms with Gasteiger partial charge in [-0.25, -0.2) is 0 Å². The Hall–Kier alpha value is -1.10. The van der Waals surface area contributed by atoms with E-state index in [-0.39, 0.29) is 12.7 Å². The van der Waals surface area contributed by atoms with Crippen molar-refractivity contribution in [3.8, 4) is 5.75 Å². The summed E-state index contributed by atoms with van der Waals surface area (Å²) < 4.78 is 11.0. The molecule has 1 aromatic rings. The largest absolute Gasteiger partial charge is 0.465 e. The molecule has 1 heterocycles. The average Bonchev–Trinajstić information content (AvgIpc) is 2.29. The van der Waals surface area contributed by atoms with Gasteiger partial charge in [-0.15, -0.1) is 0 Å². The third kappa shape index (κ3) is 2.95. The summed E-state index contributed by atoms with van der Waals surface area (Å²) in [7, 11) is 0. The maximum atomic E-state index is 9.59. The highest BCUT2D eigenvalue weighted by molar-refractivity contribution is 5.21. The van der Waals surface area contributed by atoms with Gasteiger partial charge in [0.1, 0.15) is 5.75 Å². The van der Waals surface area contributed by atoms with E-state index in [0.717, 1.165) is 0 Å². The van der Waals surface area contributed by atoms with Crippen LogP contribution in [0.1, 0.15) is 12.8 Å². The van der Waals surface area contributed by atoms with Gasteiger partial charge < -0.3 is 19.7 Å². The average molecular weight is 224 g/mol. The molecule has 4 heteroatoms. The van der Waals surface area contributed by atoms with Crippen molar-refractivity contribution >= 4 is 0 Å². The van der Waals surface area contributed by atoms with Crippen molar-refractivity contribution in [2.45, 2.75) is 31.3 Å². The van der Waals surface area contributed by atoms with Crippen LogP contribution in [0.15, 0.2) is 30.3 Å². The van der Waals surface area contributed by atoms with Crippen molar-refractivity contribution in [2.24, 2.45) is 0 Å². The second-order valence-electron chi connectivity index (χ2n) is 3.93. The van der Waals surface area contributed by atoms with E-state index in [1.807, 2.05) is 30.3 Å². The summed E-state index contributed by atoms with van der Waals surface area (Å²) in [5.74, 6) is 0.707. The first-order chi connectivity index (χ1) is 7.78. The number of rotatable bonds is 3. The molecule has 1 fully saturated rings. The molecule has 0 saturated carbocycles. The van der Waals surface area contributed by atoms with Crippen LogP contribution < -0.4 is 4.74 Å². The topological polar surface area (TPSA) is 58.9 Å². The Balaban J connectivity index is 1.94. The molecular weight excluding hydrogens is 208 g/mol. The molecule has 0 amide bonds. The standard InChI is InChI=1S/C12H16O4/c13-8-11-6-9(14)7-12(16-11)15-10-4-2-1-3-5-10/h1-5,9,11-14H,6-8H2. The third-order valence-corrected chi connectivity index (χ3v) is 2.56. The number of hydrogen-bond donors (Lipinski definition) is 2. The SMILES string of the molecule is OCC1CC(O)CC(Oc2ccccc2)O1. The lowest BCUT2D eigenvalue weighted by Gasteiger charge is -2.32. The van der Waals surface area contributed by atoms with Gasteiger partial charge in [0.15, 0.2) is 0 Å². The quantitative estimate of drug-likeness (QED) is 0.801. The first-order valence-corrected chi connectivity index (χ1v) is 5.44. The third-order valence-electron chi connectivity index (χ3n) is 2.56. The fourth-order valence-electron chi connectivity index (χ4n) is 1.79. The van der Waals surface area contributed by atoms with Crippen LogP contribution >= 0.6 is 0 Å². The molecule has 88 valence electrons. The second kappa shape index (κ2) is 5.30. The Kier molecular flexibility index (Phi) is 3.77. The molecule has 4 nitrogen and oxygen atoms in total. The van der Waals surface area contributed by atoms with Crippen molar-refractivity contribution in [3.63, 3.8) is 0 Å². The number of aliphatic hydroxyl groups is 2. The molecule has 0 spiro atoms. The first kappa shape index (κ1) is 11.4. The van der Waals surface area contributed by atoms with Crippen LogP contribution in [0.5, 0.6) is 5.75 Å². The summed E-state index contributed by atoms with van der Waals surface area (Å²) >= 11 is 0. The lowest BCUT2D eigenvalue weighted by Crippen LogP contribution is -2.40. The molecular formula is C12H16O4. The van der Waals surface area contributed by atoms with Gasteiger partial charge in [0.25, 0.3) is 0 Å². The highest BCUT2D eigenvalue weighted by Gasteiger charge is 2.29. The van der Waals surface area contributed by atoms with Crippen molar-refractivity contribution < 1.29 is 19.7 Å². The van der Waals surface area contributed by atoms with Gasteiger partial charge in [-0.05, 0) is 12.1 Å². The maximum Gasteiger partial charge on any atom is 0.202 e. The Morgan fingerprint density at radius 1 is 1.25 bits per heavy atom.